The molecule has 0 bridgehead atoms. The summed E-state index contributed by atoms with van der Waals surface area (Å²) in [6.45, 7) is 0.0734. The number of aliphatic hydroxyl groups is 1. The minimum atomic E-state index is -0.951. The number of hydrogen-bond donors (Lipinski definition) is 1. The smallest absolute Gasteiger partial charge is 0.0991 e. The normalized spacial score (nSPS) is 12.0. The Morgan fingerprint density at radius 1 is 1.47 bits per heavy atom. The second-order valence-electron chi connectivity index (χ2n) is 3.18. The molecule has 1 atom stereocenters. The Balaban J connectivity index is 2.57. The van der Waals surface area contributed by atoms with Crippen LogP contribution in [0.1, 0.15) is 17.5 Å². The summed E-state index contributed by atoms with van der Waals surface area (Å²) >= 11 is 0. The average Bonchev–Trinajstić information content (AvgIpc) is 2.26. The molecular weight excluding hydrogens is 210 g/mol. The van der Waals surface area contributed by atoms with Crippen LogP contribution in [0.4, 0.5) is 0 Å². The van der Waals surface area contributed by atoms with E-state index in [1.54, 1.807) is 18.2 Å². The van der Waals surface area contributed by atoms with Gasteiger partial charge in [0, 0.05) is 28.9 Å². The molecule has 1 N–H and O–H groups in total. The van der Waals surface area contributed by atoms with Gasteiger partial charge in [0.05, 0.1) is 11.6 Å². The van der Waals surface area contributed by atoms with Crippen LogP contribution in [0.15, 0.2) is 24.3 Å². The lowest BCUT2D eigenvalue weighted by Crippen LogP contribution is -2.02. The summed E-state index contributed by atoms with van der Waals surface area (Å²) in [4.78, 5) is 0. The topological polar surface area (TPSA) is 61.1 Å². The quantitative estimate of drug-likeness (QED) is 0.815. The van der Waals surface area contributed by atoms with E-state index in [2.05, 4.69) is 0 Å². The first-order chi connectivity index (χ1) is 7.26. The fourth-order valence-electron chi connectivity index (χ4n) is 1.21. The highest BCUT2D eigenvalue weighted by molar-refractivity contribution is 7.84. The van der Waals surface area contributed by atoms with Crippen LogP contribution in [-0.2, 0) is 16.6 Å². The minimum Gasteiger partial charge on any atom is -0.396 e. The molecule has 0 spiro atoms. The number of benzene rings is 1. The van der Waals surface area contributed by atoms with E-state index in [9.17, 15) is 4.21 Å². The fraction of sp³-hybridized carbons (Fsp3) is 0.364. The third kappa shape index (κ3) is 4.24. The van der Waals surface area contributed by atoms with Crippen LogP contribution in [0.5, 0.6) is 0 Å². The Hall–Kier alpha value is -1.18. The zero-order valence-corrected chi connectivity index (χ0v) is 9.17. The molecule has 0 aliphatic rings. The minimum absolute atomic E-state index is 0.0734. The van der Waals surface area contributed by atoms with E-state index >= 15 is 0 Å². The van der Waals surface area contributed by atoms with Crippen LogP contribution in [0.2, 0.25) is 0 Å². The van der Waals surface area contributed by atoms with E-state index in [-0.39, 0.29) is 6.61 Å². The lowest BCUT2D eigenvalue weighted by atomic mass is 10.2. The van der Waals surface area contributed by atoms with Gasteiger partial charge in [-0.3, -0.25) is 4.21 Å². The van der Waals surface area contributed by atoms with E-state index in [1.807, 2.05) is 12.1 Å². The maximum absolute atomic E-state index is 11.5. The molecule has 1 rings (SSSR count). The second-order valence-corrected chi connectivity index (χ2v) is 4.75. The zero-order chi connectivity index (χ0) is 11.1. The molecule has 0 aromatic heterocycles. The SMILES string of the molecule is N#Cc1cccc(CS(=O)CCCO)c1. The summed E-state index contributed by atoms with van der Waals surface area (Å²) in [5.41, 5.74) is 1.50. The van der Waals surface area contributed by atoms with Crippen molar-refractivity contribution >= 4 is 10.8 Å². The largest absolute Gasteiger partial charge is 0.396 e. The highest BCUT2D eigenvalue weighted by Gasteiger charge is 2.02. The molecule has 0 saturated carbocycles. The van der Waals surface area contributed by atoms with Gasteiger partial charge in [-0.05, 0) is 24.1 Å². The van der Waals surface area contributed by atoms with Crippen LogP contribution in [-0.4, -0.2) is 21.7 Å². The van der Waals surface area contributed by atoms with E-state index < -0.39 is 10.8 Å². The van der Waals surface area contributed by atoms with Crippen molar-refractivity contribution in [2.24, 2.45) is 0 Å². The van der Waals surface area contributed by atoms with Crippen molar-refractivity contribution in [2.75, 3.05) is 12.4 Å². The standard InChI is InChI=1S/C11H13NO2S/c12-8-10-3-1-4-11(7-10)9-15(14)6-2-5-13/h1,3-4,7,13H,2,5-6,9H2. The van der Waals surface area contributed by atoms with Gasteiger partial charge < -0.3 is 5.11 Å². The summed E-state index contributed by atoms with van der Waals surface area (Å²) in [6, 6.07) is 9.16. The third-order valence-corrected chi connectivity index (χ3v) is 3.31. The van der Waals surface area contributed by atoms with Gasteiger partial charge >= 0.3 is 0 Å². The van der Waals surface area contributed by atoms with E-state index in [0.717, 1.165) is 5.56 Å². The van der Waals surface area contributed by atoms with Crippen molar-refractivity contribution in [3.05, 3.63) is 35.4 Å². The van der Waals surface area contributed by atoms with E-state index in [1.165, 1.54) is 0 Å². The monoisotopic (exact) mass is 223 g/mol. The summed E-state index contributed by atoms with van der Waals surface area (Å²) in [6.07, 6.45) is 0.560. The van der Waals surface area contributed by atoms with Crippen LogP contribution >= 0.6 is 0 Å². The first kappa shape index (κ1) is 11.9. The molecule has 3 nitrogen and oxygen atoms in total. The molecule has 0 fully saturated rings. The van der Waals surface area contributed by atoms with Gasteiger partial charge in [0.25, 0.3) is 0 Å². The lowest BCUT2D eigenvalue weighted by Gasteiger charge is -2.01. The Bertz CT molecular complexity index is 384. The van der Waals surface area contributed by atoms with Crippen molar-refractivity contribution < 1.29 is 9.32 Å². The lowest BCUT2D eigenvalue weighted by molar-refractivity contribution is 0.296. The number of aliphatic hydroxyl groups excluding tert-OH is 1. The number of nitrogens with zero attached hydrogens (tertiary/aromatic N) is 1. The van der Waals surface area contributed by atoms with Crippen LogP contribution in [0.25, 0.3) is 0 Å². The van der Waals surface area contributed by atoms with E-state index in [0.29, 0.717) is 23.5 Å². The van der Waals surface area contributed by atoms with Gasteiger partial charge in [-0.2, -0.15) is 5.26 Å². The Morgan fingerprint density at radius 3 is 2.93 bits per heavy atom. The van der Waals surface area contributed by atoms with Gasteiger partial charge in [-0.1, -0.05) is 12.1 Å². The van der Waals surface area contributed by atoms with Crippen LogP contribution in [0, 0.1) is 11.3 Å². The van der Waals surface area contributed by atoms with Crippen molar-refractivity contribution in [1.29, 1.82) is 5.26 Å². The summed E-state index contributed by atoms with van der Waals surface area (Å²) < 4.78 is 11.5. The molecular formula is C11H13NO2S. The third-order valence-electron chi connectivity index (χ3n) is 1.91. The predicted molar refractivity (Wildman–Crippen MR) is 59.6 cm³/mol. The first-order valence-corrected chi connectivity index (χ1v) is 6.20. The second kappa shape index (κ2) is 6.33. The molecule has 0 aliphatic heterocycles. The molecule has 0 aliphatic carbocycles. The van der Waals surface area contributed by atoms with Crippen LogP contribution < -0.4 is 0 Å². The van der Waals surface area contributed by atoms with Gasteiger partial charge in [-0.25, -0.2) is 0 Å². The number of hydrogen-bond acceptors (Lipinski definition) is 3. The molecule has 0 amide bonds. The summed E-state index contributed by atoms with van der Waals surface area (Å²) in [7, 11) is -0.951. The van der Waals surface area contributed by atoms with Crippen molar-refractivity contribution in [3.63, 3.8) is 0 Å². The zero-order valence-electron chi connectivity index (χ0n) is 8.35. The van der Waals surface area contributed by atoms with Gasteiger partial charge in [0.1, 0.15) is 0 Å². The molecule has 1 unspecified atom stereocenters. The van der Waals surface area contributed by atoms with Gasteiger partial charge in [0.15, 0.2) is 0 Å². The average molecular weight is 223 g/mol. The molecule has 0 heterocycles. The maximum Gasteiger partial charge on any atom is 0.0991 e. The molecule has 4 heteroatoms. The van der Waals surface area contributed by atoms with Gasteiger partial charge in [-0.15, -0.1) is 0 Å². The van der Waals surface area contributed by atoms with E-state index in [4.69, 9.17) is 10.4 Å². The van der Waals surface area contributed by atoms with Crippen molar-refractivity contribution in [1.82, 2.24) is 0 Å². The first-order valence-electron chi connectivity index (χ1n) is 4.71. The molecule has 1 aromatic rings. The van der Waals surface area contributed by atoms with Crippen LogP contribution in [0.3, 0.4) is 0 Å². The molecule has 80 valence electrons. The molecule has 0 saturated heterocycles. The Morgan fingerprint density at radius 2 is 2.27 bits per heavy atom. The molecule has 0 radical (unpaired) electrons. The van der Waals surface area contributed by atoms with Gasteiger partial charge in [0.2, 0.25) is 0 Å². The molecule has 1 aromatic carbocycles. The van der Waals surface area contributed by atoms with Crippen molar-refractivity contribution in [2.45, 2.75) is 12.2 Å². The highest BCUT2D eigenvalue weighted by atomic mass is 32.2. The predicted octanol–water partition coefficient (Wildman–Crippen LogP) is 1.19. The summed E-state index contributed by atoms with van der Waals surface area (Å²) in [5.74, 6) is 0.961. The Kier molecular flexibility index (Phi) is 5.02. The highest BCUT2D eigenvalue weighted by Crippen LogP contribution is 2.07. The molecule has 15 heavy (non-hydrogen) atoms. The Labute approximate surface area is 91.8 Å². The fourth-order valence-corrected chi connectivity index (χ4v) is 2.36. The number of rotatable bonds is 5. The summed E-state index contributed by atoms with van der Waals surface area (Å²) in [5, 5.41) is 17.3. The number of nitriles is 1. The maximum atomic E-state index is 11.5. The van der Waals surface area contributed by atoms with Crippen molar-refractivity contribution in [3.8, 4) is 6.07 Å².